The van der Waals surface area contributed by atoms with Crippen LogP contribution in [0.3, 0.4) is 0 Å². The first-order valence-corrected chi connectivity index (χ1v) is 23.0. The first kappa shape index (κ1) is 59.5. The summed E-state index contributed by atoms with van der Waals surface area (Å²) in [5.74, 6) is -8.29. The minimum absolute atomic E-state index is 0.00738. The second kappa shape index (κ2) is 32.3. The summed E-state index contributed by atoms with van der Waals surface area (Å²) in [7, 11) is 0. The van der Waals surface area contributed by atoms with Gasteiger partial charge < -0.3 is 86.5 Å². The molecule has 1 aliphatic heterocycles. The van der Waals surface area contributed by atoms with Gasteiger partial charge in [-0.3, -0.25) is 43.3 Å². The number of carbonyl (C=O) groups excluding carboxylic acids is 8. The van der Waals surface area contributed by atoms with Crippen LogP contribution in [0, 0.1) is 5.92 Å². The van der Waals surface area contributed by atoms with Crippen LogP contribution in [0.5, 0.6) is 0 Å². The average molecular weight is 955 g/mol. The van der Waals surface area contributed by atoms with Crippen molar-refractivity contribution in [2.75, 3.05) is 32.7 Å². The van der Waals surface area contributed by atoms with Gasteiger partial charge >= 0.3 is 0 Å². The van der Waals surface area contributed by atoms with Gasteiger partial charge in [-0.05, 0) is 51.5 Å². The van der Waals surface area contributed by atoms with Crippen LogP contribution in [0.4, 0.5) is 0 Å². The van der Waals surface area contributed by atoms with Gasteiger partial charge in [-0.2, -0.15) is 0 Å². The molecule has 0 radical (unpaired) electrons. The van der Waals surface area contributed by atoms with Crippen molar-refractivity contribution in [3.63, 3.8) is 0 Å². The Morgan fingerprint density at radius 1 is 0.731 bits per heavy atom. The predicted molar refractivity (Wildman–Crippen MR) is 248 cm³/mol. The number of amides is 8. The molecule has 8 amide bonds. The van der Waals surface area contributed by atoms with Crippen molar-refractivity contribution < 1.29 is 53.7 Å². The van der Waals surface area contributed by atoms with E-state index in [0.717, 1.165) is 38.5 Å². The highest BCUT2D eigenvalue weighted by atomic mass is 16.3. The molecule has 0 aromatic heterocycles. The lowest BCUT2D eigenvalue weighted by molar-refractivity contribution is -0.138. The van der Waals surface area contributed by atoms with E-state index in [-0.39, 0.29) is 57.1 Å². The minimum atomic E-state index is -1.91. The van der Waals surface area contributed by atoms with Crippen LogP contribution in [0.25, 0.3) is 0 Å². The van der Waals surface area contributed by atoms with Gasteiger partial charge in [0.05, 0.1) is 12.2 Å². The third-order valence-electron chi connectivity index (χ3n) is 10.7. The van der Waals surface area contributed by atoms with Crippen LogP contribution in [0.1, 0.15) is 105 Å². The maximum atomic E-state index is 14.0. The molecule has 1 fully saturated rings. The monoisotopic (exact) mass is 955 g/mol. The number of hydrogen-bond acceptors (Lipinski definition) is 15. The molecular formula is C42H78N14O11. The summed E-state index contributed by atoms with van der Waals surface area (Å²) in [6, 6.07) is -9.77. The van der Waals surface area contributed by atoms with Crippen LogP contribution in [0.15, 0.2) is 16.8 Å². The Balaban J connectivity index is 3.84. The Morgan fingerprint density at radius 3 is 1.84 bits per heavy atom. The number of nitrogens with one attached hydrogen (secondary N) is 8. The fourth-order valence-corrected chi connectivity index (χ4v) is 6.86. The third-order valence-corrected chi connectivity index (χ3v) is 10.7. The summed E-state index contributed by atoms with van der Waals surface area (Å²) < 4.78 is 0. The van der Waals surface area contributed by atoms with Crippen molar-refractivity contribution in [3.8, 4) is 0 Å². The molecule has 1 rings (SSSR count). The summed E-state index contributed by atoms with van der Waals surface area (Å²) in [4.78, 5) is 114. The van der Waals surface area contributed by atoms with Crippen LogP contribution in [0.2, 0.25) is 0 Å². The van der Waals surface area contributed by atoms with Crippen molar-refractivity contribution in [1.82, 2.24) is 42.5 Å². The number of allylic oxidation sites excluding steroid dienone is 1. The van der Waals surface area contributed by atoms with E-state index in [0.29, 0.717) is 6.42 Å². The normalized spacial score (nSPS) is 24.8. The smallest absolute Gasteiger partial charge is 0.268 e. The summed E-state index contributed by atoms with van der Waals surface area (Å²) in [5, 5.41) is 52.4. The number of aliphatic imine (C=N–C) groups is 1. The Kier molecular flexibility index (Phi) is 28.7. The van der Waals surface area contributed by atoms with Gasteiger partial charge in [0.2, 0.25) is 41.4 Å². The van der Waals surface area contributed by atoms with Crippen molar-refractivity contribution >= 4 is 53.2 Å². The van der Waals surface area contributed by atoms with E-state index in [1.54, 1.807) is 13.8 Å². The van der Waals surface area contributed by atoms with Crippen molar-refractivity contribution in [2.45, 2.75) is 159 Å². The lowest BCUT2D eigenvalue weighted by Crippen LogP contribution is -2.64. The fraction of sp³-hybridized carbons (Fsp3) is 0.738. The van der Waals surface area contributed by atoms with E-state index in [1.165, 1.54) is 13.0 Å². The van der Waals surface area contributed by atoms with Gasteiger partial charge in [-0.25, -0.2) is 0 Å². The van der Waals surface area contributed by atoms with E-state index in [2.05, 4.69) is 54.5 Å². The van der Waals surface area contributed by atoms with E-state index in [4.69, 9.17) is 28.7 Å². The number of nitrogens with two attached hydrogens (primary N) is 5. The first-order valence-electron chi connectivity index (χ1n) is 23.0. The van der Waals surface area contributed by atoms with Gasteiger partial charge in [-0.1, -0.05) is 65.4 Å². The second-order valence-electron chi connectivity index (χ2n) is 16.8. The largest absolute Gasteiger partial charge is 0.389 e. The van der Waals surface area contributed by atoms with Crippen molar-refractivity contribution in [2.24, 2.45) is 39.6 Å². The molecule has 0 aromatic rings. The lowest BCUT2D eigenvalue weighted by Gasteiger charge is -2.30. The standard InChI is InChI=1S/C42H78N14O11/c1-5-7-8-9-10-11-12-15-31(60)54-34-30(59)22-49-39(65)32(28(57)20-44)56-41(67)33(29(58)21-45)55-37(63)25(14-13-18-48-42(46)47)51-38(64)27(19-23(3)4)53-36(62)26(16-17-43)52-35(61)24(6-2)50-40(34)66/h6,23,25-30,32-34,57-59H,5,7-22,43-45H2,1-4H3,(H,49,65)(H,50,66)(H,51,64)(H,52,61)(H,53,62)(H,54,60)(H,55,63)(H,56,67)(H4,46,47,48)/b24-6-/t25-,26-,27-,28-,29+,30+,32-,33-,34-/m0/s1. The zero-order chi connectivity index (χ0) is 50.6. The van der Waals surface area contributed by atoms with Crippen molar-refractivity contribution in [1.29, 1.82) is 0 Å². The van der Waals surface area contributed by atoms with Crippen LogP contribution < -0.4 is 71.2 Å². The van der Waals surface area contributed by atoms with Gasteiger partial charge in [0, 0.05) is 32.6 Å². The molecule has 67 heavy (non-hydrogen) atoms. The molecule has 25 nitrogen and oxygen atoms in total. The highest BCUT2D eigenvalue weighted by molar-refractivity contribution is 6.02. The lowest BCUT2D eigenvalue weighted by atomic mass is 10.0. The third kappa shape index (κ3) is 22.3. The second-order valence-corrected chi connectivity index (χ2v) is 16.8. The molecule has 1 heterocycles. The van der Waals surface area contributed by atoms with Crippen LogP contribution in [-0.4, -0.2) is 156 Å². The molecule has 9 atom stereocenters. The molecule has 0 spiro atoms. The summed E-state index contributed by atoms with van der Waals surface area (Å²) in [6.45, 7) is 4.92. The predicted octanol–water partition coefficient (Wildman–Crippen LogP) is -5.37. The molecule has 0 aliphatic carbocycles. The molecular weight excluding hydrogens is 877 g/mol. The Bertz CT molecular complexity index is 1680. The fourth-order valence-electron chi connectivity index (χ4n) is 6.86. The average Bonchev–Trinajstić information content (AvgIpc) is 3.28. The number of unbranched alkanes of at least 4 members (excludes halogenated alkanes) is 6. The molecule has 0 bridgehead atoms. The Hall–Kier alpha value is -5.47. The highest BCUT2D eigenvalue weighted by Gasteiger charge is 2.38. The Labute approximate surface area is 392 Å². The molecule has 0 aromatic carbocycles. The number of aliphatic hydroxyl groups is 3. The first-order chi connectivity index (χ1) is 31.7. The topological polar surface area (TPSA) is 436 Å². The number of rotatable bonds is 21. The van der Waals surface area contributed by atoms with Gasteiger partial charge in [0.15, 0.2) is 5.96 Å². The summed E-state index contributed by atoms with van der Waals surface area (Å²) in [6.07, 6.45) is 1.79. The molecule has 0 saturated carbocycles. The number of β-amino-alcohol motifs (C(OH)–C–C–N with tert-alkyl or cyclic N) is 1. The van der Waals surface area contributed by atoms with Gasteiger partial charge in [-0.15, -0.1) is 0 Å². The van der Waals surface area contributed by atoms with Crippen molar-refractivity contribution in [3.05, 3.63) is 11.8 Å². The van der Waals surface area contributed by atoms with E-state index in [9.17, 15) is 53.7 Å². The molecule has 0 unspecified atom stereocenters. The maximum absolute atomic E-state index is 14.0. The van der Waals surface area contributed by atoms with E-state index >= 15 is 0 Å². The summed E-state index contributed by atoms with van der Waals surface area (Å²) >= 11 is 0. The number of guanidine groups is 1. The number of nitrogens with zero attached hydrogens (tertiary/aromatic N) is 1. The maximum Gasteiger partial charge on any atom is 0.268 e. The van der Waals surface area contributed by atoms with E-state index < -0.39 is 127 Å². The zero-order valence-corrected chi connectivity index (χ0v) is 39.3. The molecule has 21 N–H and O–H groups in total. The minimum Gasteiger partial charge on any atom is -0.389 e. The van der Waals surface area contributed by atoms with Crippen LogP contribution in [-0.2, 0) is 38.4 Å². The number of hydrogen-bond donors (Lipinski definition) is 16. The Morgan fingerprint density at radius 2 is 1.27 bits per heavy atom. The number of carbonyl (C=O) groups is 8. The zero-order valence-electron chi connectivity index (χ0n) is 39.3. The van der Waals surface area contributed by atoms with E-state index in [1.807, 2.05) is 0 Å². The molecule has 1 saturated heterocycles. The number of aliphatic hydroxyl groups excluding tert-OH is 3. The van der Waals surface area contributed by atoms with Gasteiger partial charge in [0.25, 0.3) is 5.91 Å². The molecule has 25 heteroatoms. The SMILES string of the molecule is C/C=C1\NC(=O)[C@@H](NC(=O)CCCCCCCCC)[C@H](O)CNC(=O)[C@H]([C@@H](O)CN)NC(=O)[C@H]([C@H](O)CN)NC(=O)[C@H](CCCN=C(N)N)NC(=O)[C@H](CC(C)C)NC(=O)[C@H](CCN)NC1=O. The van der Waals surface area contributed by atoms with Gasteiger partial charge in [0.1, 0.15) is 48.1 Å². The van der Waals surface area contributed by atoms with Crippen LogP contribution >= 0.6 is 0 Å². The summed E-state index contributed by atoms with van der Waals surface area (Å²) in [5.41, 5.74) is 27.7. The molecule has 382 valence electrons. The quantitative estimate of drug-likeness (QED) is 0.0221. The highest BCUT2D eigenvalue weighted by Crippen LogP contribution is 2.11. The molecule has 1 aliphatic rings.